The molecule has 2 heterocycles. The Labute approximate surface area is 228 Å². The zero-order valence-electron chi connectivity index (χ0n) is 21.3. The zero-order valence-corrected chi connectivity index (χ0v) is 23.4. The number of hydrogen-bond acceptors (Lipinski definition) is 6. The van der Waals surface area contributed by atoms with Gasteiger partial charge in [0.1, 0.15) is 12.2 Å². The minimum absolute atomic E-state index is 0.0118. The minimum atomic E-state index is -0.610. The van der Waals surface area contributed by atoms with Crippen molar-refractivity contribution in [2.24, 2.45) is 0 Å². The third-order valence-corrected chi connectivity index (χ3v) is 8.15. The predicted molar refractivity (Wildman–Crippen MR) is 147 cm³/mol. The van der Waals surface area contributed by atoms with Crippen LogP contribution in [0, 0.1) is 0 Å². The predicted octanol–water partition coefficient (Wildman–Crippen LogP) is 5.43. The zero-order chi connectivity index (χ0) is 25.4. The van der Waals surface area contributed by atoms with Gasteiger partial charge in [-0.3, -0.25) is 0 Å². The molecule has 2 aliphatic heterocycles. The summed E-state index contributed by atoms with van der Waals surface area (Å²) in [5, 5.41) is 10.6. The van der Waals surface area contributed by atoms with E-state index in [1.807, 2.05) is 62.4 Å². The van der Waals surface area contributed by atoms with Crippen LogP contribution in [0.5, 0.6) is 0 Å². The van der Waals surface area contributed by atoms with Gasteiger partial charge < -0.3 is 28.8 Å². The Morgan fingerprint density at radius 3 is 2.14 bits per heavy atom. The molecular weight excluding hydrogens is 571 g/mol. The maximum absolute atomic E-state index is 10.6. The van der Waals surface area contributed by atoms with E-state index in [0.29, 0.717) is 23.7 Å². The molecule has 0 aromatic heterocycles. The number of rotatable bonds is 13. The molecule has 2 aromatic carbocycles. The largest absolute Gasteiger partial charge is 0.388 e. The maximum Gasteiger partial charge on any atom is 0.163 e. The SMILES string of the molecule is CC1(C)O[C@H](CC[C@H](I)[C@H]2CC[C@H]([C@H](O)COCc3ccccc3)O2)[C@@H](COCc2ccccc2)O1. The summed E-state index contributed by atoms with van der Waals surface area (Å²) < 4.78 is 30.6. The topological polar surface area (TPSA) is 66.4 Å². The lowest BCUT2D eigenvalue weighted by Gasteiger charge is -2.23. The summed E-state index contributed by atoms with van der Waals surface area (Å²) in [6, 6.07) is 20.2. The number of ether oxygens (including phenoxy) is 5. The average molecular weight is 611 g/mol. The number of halogens is 1. The van der Waals surface area contributed by atoms with Gasteiger partial charge in [-0.2, -0.15) is 0 Å². The fourth-order valence-electron chi connectivity index (χ4n) is 4.89. The molecule has 4 rings (SSSR count). The number of benzene rings is 2. The van der Waals surface area contributed by atoms with Gasteiger partial charge in [0.05, 0.1) is 44.7 Å². The van der Waals surface area contributed by atoms with Crippen molar-refractivity contribution in [1.29, 1.82) is 0 Å². The molecule has 0 aliphatic carbocycles. The Morgan fingerprint density at radius 2 is 1.47 bits per heavy atom. The molecule has 198 valence electrons. The van der Waals surface area contributed by atoms with Crippen molar-refractivity contribution in [1.82, 2.24) is 0 Å². The first-order valence-corrected chi connectivity index (χ1v) is 14.2. The monoisotopic (exact) mass is 610 g/mol. The highest BCUT2D eigenvalue weighted by molar-refractivity contribution is 14.1. The van der Waals surface area contributed by atoms with Crippen molar-refractivity contribution in [3.63, 3.8) is 0 Å². The smallest absolute Gasteiger partial charge is 0.163 e. The molecule has 36 heavy (non-hydrogen) atoms. The van der Waals surface area contributed by atoms with E-state index in [2.05, 4.69) is 34.7 Å². The Balaban J connectivity index is 1.17. The fourth-order valence-corrected chi connectivity index (χ4v) is 5.78. The van der Waals surface area contributed by atoms with Gasteiger partial charge in [-0.05, 0) is 50.7 Å². The molecule has 1 N–H and O–H groups in total. The third kappa shape index (κ3) is 8.48. The Morgan fingerprint density at radius 1 is 0.889 bits per heavy atom. The summed E-state index contributed by atoms with van der Waals surface area (Å²) >= 11 is 2.49. The number of alkyl halides is 1. The molecule has 0 saturated carbocycles. The second-order valence-corrected chi connectivity index (χ2v) is 11.8. The first kappa shape index (κ1) is 28.0. The quantitative estimate of drug-likeness (QED) is 0.241. The van der Waals surface area contributed by atoms with Crippen LogP contribution in [-0.2, 0) is 36.9 Å². The highest BCUT2D eigenvalue weighted by Crippen LogP contribution is 2.35. The highest BCUT2D eigenvalue weighted by atomic mass is 127. The van der Waals surface area contributed by atoms with E-state index in [9.17, 15) is 5.11 Å². The first-order valence-electron chi connectivity index (χ1n) is 13.0. The van der Waals surface area contributed by atoms with Crippen molar-refractivity contribution in [3.05, 3.63) is 71.8 Å². The van der Waals surface area contributed by atoms with Crippen molar-refractivity contribution in [2.45, 2.75) is 93.0 Å². The minimum Gasteiger partial charge on any atom is -0.388 e. The number of aliphatic hydroxyl groups is 1. The van der Waals surface area contributed by atoms with Crippen LogP contribution < -0.4 is 0 Å². The third-order valence-electron chi connectivity index (χ3n) is 6.72. The van der Waals surface area contributed by atoms with Crippen molar-refractivity contribution in [3.8, 4) is 0 Å². The van der Waals surface area contributed by atoms with Crippen LogP contribution in [0.4, 0.5) is 0 Å². The molecule has 2 aromatic rings. The van der Waals surface area contributed by atoms with Gasteiger partial charge in [-0.25, -0.2) is 0 Å². The Bertz CT molecular complexity index is 895. The molecule has 6 atom stereocenters. The van der Waals surface area contributed by atoms with Crippen molar-refractivity contribution >= 4 is 22.6 Å². The fraction of sp³-hybridized carbons (Fsp3) is 0.586. The van der Waals surface area contributed by atoms with E-state index < -0.39 is 11.9 Å². The van der Waals surface area contributed by atoms with Crippen LogP contribution in [0.15, 0.2) is 60.7 Å². The van der Waals surface area contributed by atoms with E-state index in [-0.39, 0.29) is 31.0 Å². The van der Waals surface area contributed by atoms with Gasteiger partial charge in [-0.1, -0.05) is 83.3 Å². The van der Waals surface area contributed by atoms with Gasteiger partial charge >= 0.3 is 0 Å². The van der Waals surface area contributed by atoms with E-state index in [4.69, 9.17) is 23.7 Å². The standard InChI is InChI=1S/C29H39IO6/c1-29(2)35-27(28(36-29)20-33-18-22-11-7-4-8-12-22)14-13-23(30)25-15-16-26(34-25)24(31)19-32-17-21-9-5-3-6-10-21/h3-12,23-28,31H,13-20H2,1-2H3/t23-,24+,25+,26+,27+,28+/m0/s1. The van der Waals surface area contributed by atoms with Crippen LogP contribution in [0.25, 0.3) is 0 Å². The van der Waals surface area contributed by atoms with Crippen LogP contribution in [0.2, 0.25) is 0 Å². The highest BCUT2D eigenvalue weighted by Gasteiger charge is 2.42. The molecule has 0 radical (unpaired) electrons. The van der Waals surface area contributed by atoms with Gasteiger partial charge in [0, 0.05) is 3.92 Å². The molecule has 7 heteroatoms. The van der Waals surface area contributed by atoms with Gasteiger partial charge in [0.25, 0.3) is 0 Å². The Hall–Kier alpha value is -1.07. The first-order chi connectivity index (χ1) is 17.4. The molecule has 0 bridgehead atoms. The van der Waals surface area contributed by atoms with Crippen LogP contribution >= 0.6 is 22.6 Å². The van der Waals surface area contributed by atoms with Crippen molar-refractivity contribution in [2.75, 3.05) is 13.2 Å². The summed E-state index contributed by atoms with van der Waals surface area (Å²) in [6.45, 7) is 5.78. The van der Waals surface area contributed by atoms with E-state index in [1.165, 1.54) is 0 Å². The summed E-state index contributed by atoms with van der Waals surface area (Å²) in [5.74, 6) is -0.606. The molecule has 0 amide bonds. The van der Waals surface area contributed by atoms with Gasteiger partial charge in [0.15, 0.2) is 5.79 Å². The number of aliphatic hydroxyl groups excluding tert-OH is 1. The van der Waals surface area contributed by atoms with E-state index in [1.54, 1.807) is 0 Å². The molecule has 2 fully saturated rings. The molecule has 2 aliphatic rings. The van der Waals surface area contributed by atoms with Gasteiger partial charge in [-0.15, -0.1) is 0 Å². The number of hydrogen-bond donors (Lipinski definition) is 1. The molecule has 0 unspecified atom stereocenters. The van der Waals surface area contributed by atoms with Gasteiger partial charge in [0.2, 0.25) is 0 Å². The van der Waals surface area contributed by atoms with E-state index in [0.717, 1.165) is 36.8 Å². The molecule has 2 saturated heterocycles. The normalized spacial score (nSPS) is 27.2. The van der Waals surface area contributed by atoms with E-state index >= 15 is 0 Å². The van der Waals surface area contributed by atoms with Crippen LogP contribution in [-0.4, -0.2) is 58.6 Å². The summed E-state index contributed by atoms with van der Waals surface area (Å²) in [7, 11) is 0. The lowest BCUT2D eigenvalue weighted by Crippen LogP contribution is -2.33. The maximum atomic E-state index is 10.6. The summed E-state index contributed by atoms with van der Waals surface area (Å²) in [6.07, 6.45) is 2.88. The second-order valence-electron chi connectivity index (χ2n) is 10.2. The lowest BCUT2D eigenvalue weighted by atomic mass is 10.0. The second kappa shape index (κ2) is 13.6. The lowest BCUT2D eigenvalue weighted by molar-refractivity contribution is -0.151. The van der Waals surface area contributed by atoms with Crippen LogP contribution in [0.3, 0.4) is 0 Å². The van der Waals surface area contributed by atoms with Crippen molar-refractivity contribution < 1.29 is 28.8 Å². The molecular formula is C29H39IO6. The summed E-state index contributed by atoms with van der Waals surface area (Å²) in [5.41, 5.74) is 2.26. The molecule has 6 nitrogen and oxygen atoms in total. The molecule has 0 spiro atoms. The summed E-state index contributed by atoms with van der Waals surface area (Å²) in [4.78, 5) is 0. The Kier molecular flexibility index (Phi) is 10.6. The average Bonchev–Trinajstić information content (AvgIpc) is 3.48. The van der Waals surface area contributed by atoms with Crippen LogP contribution in [0.1, 0.15) is 50.7 Å².